The minimum absolute atomic E-state index is 0.0217. The van der Waals surface area contributed by atoms with Crippen molar-refractivity contribution >= 4 is 36.8 Å². The van der Waals surface area contributed by atoms with Gasteiger partial charge in [0, 0.05) is 0 Å². The second kappa shape index (κ2) is 54.0. The summed E-state index contributed by atoms with van der Waals surface area (Å²) in [4.78, 5) is 83.1. The van der Waals surface area contributed by atoms with Crippen molar-refractivity contribution in [3.63, 3.8) is 0 Å². The molecule has 15 N–H and O–H groups in total. The molecule has 688 valence electrons. The second-order valence-corrected chi connectivity index (χ2v) is 27.3. The van der Waals surface area contributed by atoms with Crippen molar-refractivity contribution in [3.8, 4) is 0 Å². The number of hydrogen-bond acceptors (Lipinski definition) is 50. The second-order valence-electron chi connectivity index (χ2n) is 27.3. The summed E-state index contributed by atoms with van der Waals surface area (Å²) in [6, 6.07) is 0. The average molecular weight is 1740 g/mol. The number of carbonyl (C=O) groups excluding carboxylic acids is 6. The van der Waals surface area contributed by atoms with Gasteiger partial charge in [-0.25, -0.2) is 14.4 Å². The van der Waals surface area contributed by atoms with Gasteiger partial charge in [0.2, 0.25) is 18.9 Å². The molecule has 12 saturated heterocycles. The van der Waals surface area contributed by atoms with Crippen molar-refractivity contribution in [1.29, 1.82) is 0 Å². The quantitative estimate of drug-likeness (QED) is 0.0324. The summed E-state index contributed by atoms with van der Waals surface area (Å²) >= 11 is 0. The molecule has 32 unspecified atom stereocenters. The van der Waals surface area contributed by atoms with Gasteiger partial charge in [-0.1, -0.05) is 0 Å². The Labute approximate surface area is 679 Å². The van der Waals surface area contributed by atoms with Crippen molar-refractivity contribution in [2.45, 2.75) is 197 Å². The Morgan fingerprint density at radius 3 is 0.689 bits per heavy atom. The number of rotatable bonds is 19. The molecule has 0 aromatic heterocycles. The highest BCUT2D eigenvalue weighted by Gasteiger charge is 2.56. The maximum absolute atomic E-state index is 14.6. The predicted octanol–water partition coefficient (Wildman–Crippen LogP) is -13.9. The van der Waals surface area contributed by atoms with Crippen LogP contribution in [0.3, 0.4) is 0 Å². The normalized spacial score (nSPS) is 40.9. The zero-order valence-electron chi connectivity index (χ0n) is 64.6. The average Bonchev–Trinajstić information content (AvgIpc) is 0.799. The molecule has 0 aromatic rings. The van der Waals surface area contributed by atoms with E-state index in [1.54, 1.807) is 0 Å². The van der Waals surface area contributed by atoms with E-state index in [9.17, 15) is 105 Å². The van der Waals surface area contributed by atoms with Crippen LogP contribution in [0.1, 0.15) is 0 Å². The number of esters is 3. The third kappa shape index (κ3) is 30.3. The predicted molar refractivity (Wildman–Crippen MR) is 370 cm³/mol. The molecule has 0 radical (unpaired) electrons. The fraction of sp³-hybridized carbons (Fsp3) is 0.913. The highest BCUT2D eigenvalue weighted by molar-refractivity contribution is 5.76. The van der Waals surface area contributed by atoms with Gasteiger partial charge in [0.1, 0.15) is 154 Å². The van der Waals surface area contributed by atoms with E-state index in [4.69, 9.17) is 137 Å². The van der Waals surface area contributed by atoms with Crippen molar-refractivity contribution in [2.24, 2.45) is 0 Å². The van der Waals surface area contributed by atoms with Crippen LogP contribution in [0.4, 0.5) is 0 Å². The first-order chi connectivity index (χ1) is 57.7. The summed E-state index contributed by atoms with van der Waals surface area (Å²) in [5, 5.41) is 171. The van der Waals surface area contributed by atoms with Crippen LogP contribution in [0.15, 0.2) is 0 Å². The highest BCUT2D eigenvalue weighted by Crippen LogP contribution is 2.35. The molecule has 0 aromatic carbocycles. The smallest absolute Gasteiger partial charge is 0.338 e. The lowest BCUT2D eigenvalue weighted by molar-refractivity contribution is -0.372. The number of ether oxygens (including phenoxy) is 29. The Kier molecular flexibility index (Phi) is 45.4. The molecular formula is C69H112O50. The molecular weight excluding hydrogens is 1630 g/mol. The summed E-state index contributed by atoms with van der Waals surface area (Å²) in [7, 11) is 0. The molecule has 0 spiro atoms. The lowest BCUT2D eigenvalue weighted by Gasteiger charge is -2.47. The van der Waals surface area contributed by atoms with Crippen LogP contribution in [-0.4, -0.2) is 515 Å². The SMILES string of the molecule is O=CC1OC(CO)C(C(=O)OCC2COCCOCCOCCO2)OC2OC(CO)C(OC(C=O)OC(CO)C(C(=O)OCC3COCCOCCOCCO3)OC3OC(CO)C(OC4OC(CO)C(OC(C=O)OC(CO)C(C(=O)OCC5COCCOCCOCCO5)OC5OC(CO)C(O1)C(O)C5O)C(O)C4O)C(O)C3O)C(O)C2O. The molecule has 119 heavy (non-hydrogen) atoms. The van der Waals surface area contributed by atoms with E-state index in [-0.39, 0.29) is 158 Å². The maximum Gasteiger partial charge on any atom is 0.338 e. The van der Waals surface area contributed by atoms with E-state index in [2.05, 4.69) is 0 Å². The molecule has 12 aliphatic heterocycles. The number of carbonyl (C=O) groups is 6. The molecule has 8 bridgehead atoms. The van der Waals surface area contributed by atoms with Gasteiger partial charge in [-0.2, -0.15) is 0 Å². The maximum atomic E-state index is 14.6. The number of hydrogen-bond donors (Lipinski definition) is 15. The van der Waals surface area contributed by atoms with Gasteiger partial charge in [-0.05, 0) is 0 Å². The van der Waals surface area contributed by atoms with Crippen LogP contribution >= 0.6 is 0 Å². The highest BCUT2D eigenvalue weighted by atomic mass is 16.8. The van der Waals surface area contributed by atoms with Gasteiger partial charge in [0.15, 0.2) is 62.3 Å². The van der Waals surface area contributed by atoms with E-state index in [1.165, 1.54) is 0 Å². The van der Waals surface area contributed by atoms with Crippen LogP contribution in [0.2, 0.25) is 0 Å². The minimum atomic E-state index is -2.52. The van der Waals surface area contributed by atoms with Crippen molar-refractivity contribution < 1.29 is 243 Å². The lowest BCUT2D eigenvalue weighted by atomic mass is 9.96. The molecule has 0 saturated carbocycles. The zero-order chi connectivity index (χ0) is 85.8. The van der Waals surface area contributed by atoms with Crippen molar-refractivity contribution in [1.82, 2.24) is 0 Å². The minimum Gasteiger partial charge on any atom is -0.461 e. The lowest BCUT2D eigenvalue weighted by Crippen LogP contribution is -2.66. The van der Waals surface area contributed by atoms with Crippen molar-refractivity contribution in [3.05, 3.63) is 0 Å². The monoisotopic (exact) mass is 1740 g/mol. The van der Waals surface area contributed by atoms with Crippen LogP contribution in [0.25, 0.3) is 0 Å². The third-order valence-electron chi connectivity index (χ3n) is 18.9. The summed E-state index contributed by atoms with van der Waals surface area (Å²) in [5.74, 6) is -4.62. The summed E-state index contributed by atoms with van der Waals surface area (Å²) in [6.07, 6.45) is -70.8. The van der Waals surface area contributed by atoms with Gasteiger partial charge in [-0.3, -0.25) is 14.4 Å². The Hall–Kier alpha value is -4.22. The van der Waals surface area contributed by atoms with Crippen LogP contribution in [0.5, 0.6) is 0 Å². The van der Waals surface area contributed by atoms with Gasteiger partial charge in [0.25, 0.3) is 0 Å². The van der Waals surface area contributed by atoms with E-state index < -0.39 is 281 Å². The van der Waals surface area contributed by atoms with E-state index in [1.807, 2.05) is 0 Å². The third-order valence-corrected chi connectivity index (χ3v) is 18.9. The number of aldehydes is 3. The largest absolute Gasteiger partial charge is 0.461 e. The molecule has 12 rings (SSSR count). The molecule has 32 atom stereocenters. The van der Waals surface area contributed by atoms with Gasteiger partial charge >= 0.3 is 17.9 Å². The summed E-state index contributed by atoms with van der Waals surface area (Å²) in [5.41, 5.74) is 0. The van der Waals surface area contributed by atoms with Crippen LogP contribution in [-0.2, 0) is 166 Å². The first-order valence-corrected chi connectivity index (χ1v) is 38.5. The van der Waals surface area contributed by atoms with E-state index >= 15 is 0 Å². The zero-order valence-corrected chi connectivity index (χ0v) is 64.6. The van der Waals surface area contributed by atoms with Crippen LogP contribution in [0, 0.1) is 0 Å². The van der Waals surface area contributed by atoms with Gasteiger partial charge in [0.05, 0.1) is 185 Å². The first kappa shape index (κ1) is 100. The molecule has 12 fully saturated rings. The molecule has 12 aliphatic rings. The van der Waals surface area contributed by atoms with Gasteiger partial charge < -0.3 is 214 Å². The Bertz CT molecular complexity index is 2810. The summed E-state index contributed by atoms with van der Waals surface area (Å²) in [6.45, 7) is -10.5. The van der Waals surface area contributed by atoms with E-state index in [0.29, 0.717) is 0 Å². The number of fused-ring (bicyclic) bond motifs is 4. The Morgan fingerprint density at radius 2 is 0.462 bits per heavy atom. The molecule has 12 heterocycles. The fourth-order valence-electron chi connectivity index (χ4n) is 12.7. The number of aliphatic hydroxyl groups excluding tert-OH is 15. The standard InChI is InChI=1S/C69H112O50/c70-19-38-56-48(80)52(84)66(109-38)116-59-41(22-73)112-69(55(87)51(59)83)119-62(65(90)105-34-37-31-99-12-9-93-3-6-96-15-18-102-37)44(25-76)108-47(28-79)115-58-40(21-72)111-68(54(86)50(58)82)118-61(64(89)104-33-36-30-98-11-8-92-2-5-95-14-17-101-36)43(24-75)107-46(27-78)114-57-39(20-71)110-67(53(85)49(57)81)117-60(42(23-74)106-45(26-77)113-56)63(88)103-32-35-29-97-10-7-91-1-4-94-13-16-100-35/h26-28,35-62,66-76,80-87H,1-25,29-34H2. The molecule has 50 nitrogen and oxygen atoms in total. The Morgan fingerprint density at radius 1 is 0.252 bits per heavy atom. The topological polar surface area (TPSA) is 674 Å². The first-order valence-electron chi connectivity index (χ1n) is 38.5. The molecule has 0 aliphatic carbocycles. The number of aliphatic hydroxyl groups is 15. The molecule has 50 heteroatoms. The van der Waals surface area contributed by atoms with Crippen molar-refractivity contribution in [2.75, 3.05) is 205 Å². The molecule has 0 amide bonds. The fourth-order valence-corrected chi connectivity index (χ4v) is 12.7. The van der Waals surface area contributed by atoms with Gasteiger partial charge in [-0.15, -0.1) is 0 Å². The van der Waals surface area contributed by atoms with Crippen LogP contribution < -0.4 is 0 Å². The van der Waals surface area contributed by atoms with E-state index in [0.717, 1.165) is 0 Å². The Balaban J connectivity index is 1.15. The summed E-state index contributed by atoms with van der Waals surface area (Å²) < 4.78 is 165.